The first-order valence-corrected chi connectivity index (χ1v) is 10.6. The van der Waals surface area contributed by atoms with Crippen LogP contribution in [-0.2, 0) is 22.6 Å². The summed E-state index contributed by atoms with van der Waals surface area (Å²) in [6, 6.07) is 15.3. The quantitative estimate of drug-likeness (QED) is 0.369. The van der Waals surface area contributed by atoms with E-state index in [1.165, 1.54) is 12.0 Å². The molecule has 2 aliphatic rings. The van der Waals surface area contributed by atoms with Crippen LogP contribution in [0.25, 0.3) is 5.76 Å². The first-order chi connectivity index (χ1) is 16.1. The number of hydrogen-bond donors (Lipinski definition) is 1. The number of pyridine rings is 1. The summed E-state index contributed by atoms with van der Waals surface area (Å²) < 4.78 is 11.1. The second-order valence-electron chi connectivity index (χ2n) is 7.95. The molecule has 1 unspecified atom stereocenters. The second kappa shape index (κ2) is 8.43. The van der Waals surface area contributed by atoms with Crippen molar-refractivity contribution in [1.82, 2.24) is 9.88 Å². The molecule has 1 fully saturated rings. The maximum absolute atomic E-state index is 13.2. The van der Waals surface area contributed by atoms with Gasteiger partial charge >= 0.3 is 0 Å². The van der Waals surface area contributed by atoms with Crippen LogP contribution in [0.5, 0.6) is 11.5 Å². The Kier molecular flexibility index (Phi) is 5.30. The number of carbonyl (C=O) groups excluding carboxylic acids is 2. The molecule has 33 heavy (non-hydrogen) atoms. The molecule has 7 heteroatoms. The van der Waals surface area contributed by atoms with Gasteiger partial charge < -0.3 is 19.5 Å². The second-order valence-corrected chi connectivity index (χ2v) is 7.95. The van der Waals surface area contributed by atoms with Gasteiger partial charge in [-0.1, -0.05) is 24.3 Å². The Labute approximate surface area is 190 Å². The molecule has 1 amide bonds. The maximum Gasteiger partial charge on any atom is 0.295 e. The standard InChI is InChI=1S/C26H22N2O5/c1-32-21-7-3-2-6-19(21)23-22(24(29)18-8-9-20-17(13-18)10-12-33-20)25(30)26(31)28(23)15-16-5-4-11-27-14-16/h2-9,11,13-14,23,29H,10,12,15H2,1H3/b24-22+. The molecule has 0 radical (unpaired) electrons. The zero-order chi connectivity index (χ0) is 22.9. The number of ketones is 1. The predicted octanol–water partition coefficient (Wildman–Crippen LogP) is 3.65. The van der Waals surface area contributed by atoms with E-state index < -0.39 is 17.7 Å². The summed E-state index contributed by atoms with van der Waals surface area (Å²) in [6.45, 7) is 0.742. The molecule has 166 valence electrons. The fourth-order valence-corrected chi connectivity index (χ4v) is 4.44. The summed E-state index contributed by atoms with van der Waals surface area (Å²) in [6.07, 6.45) is 4.02. The number of para-hydroxylation sites is 1. The molecule has 2 aromatic carbocycles. The van der Waals surface area contributed by atoms with Crippen molar-refractivity contribution in [3.63, 3.8) is 0 Å². The van der Waals surface area contributed by atoms with Gasteiger partial charge in [0.1, 0.15) is 17.3 Å². The van der Waals surface area contributed by atoms with Crippen LogP contribution in [0, 0.1) is 0 Å². The third kappa shape index (κ3) is 3.61. The average Bonchev–Trinajstić information content (AvgIpc) is 3.42. The van der Waals surface area contributed by atoms with Gasteiger partial charge in [0.05, 0.1) is 25.3 Å². The van der Waals surface area contributed by atoms with Crippen LogP contribution in [-0.4, -0.2) is 40.4 Å². The Morgan fingerprint density at radius 1 is 1.18 bits per heavy atom. The largest absolute Gasteiger partial charge is 0.507 e. The zero-order valence-electron chi connectivity index (χ0n) is 18.0. The normalized spacial score (nSPS) is 18.8. The minimum Gasteiger partial charge on any atom is -0.507 e. The fourth-order valence-electron chi connectivity index (χ4n) is 4.44. The zero-order valence-corrected chi connectivity index (χ0v) is 18.0. The highest BCUT2D eigenvalue weighted by molar-refractivity contribution is 6.46. The molecule has 0 bridgehead atoms. The van der Waals surface area contributed by atoms with E-state index in [9.17, 15) is 14.7 Å². The van der Waals surface area contributed by atoms with Crippen molar-refractivity contribution in [2.45, 2.75) is 19.0 Å². The lowest BCUT2D eigenvalue weighted by Crippen LogP contribution is -2.29. The van der Waals surface area contributed by atoms with Crippen molar-refractivity contribution in [3.05, 3.63) is 94.8 Å². The molecule has 3 heterocycles. The van der Waals surface area contributed by atoms with Crippen molar-refractivity contribution >= 4 is 17.4 Å². The van der Waals surface area contributed by atoms with Crippen LogP contribution >= 0.6 is 0 Å². The van der Waals surface area contributed by atoms with Gasteiger partial charge in [-0.25, -0.2) is 0 Å². The van der Waals surface area contributed by atoms with E-state index in [1.807, 2.05) is 24.3 Å². The SMILES string of the molecule is COc1ccccc1C1/C(=C(\O)c2ccc3c(c2)CCO3)C(=O)C(=O)N1Cc1cccnc1. The Balaban J connectivity index is 1.67. The Bertz CT molecular complexity index is 1270. The number of ether oxygens (including phenoxy) is 2. The highest BCUT2D eigenvalue weighted by Gasteiger charge is 2.47. The Morgan fingerprint density at radius 3 is 2.82 bits per heavy atom. The predicted molar refractivity (Wildman–Crippen MR) is 121 cm³/mol. The first-order valence-electron chi connectivity index (χ1n) is 10.6. The molecule has 0 spiro atoms. The number of carbonyl (C=O) groups is 2. The number of methoxy groups -OCH3 is 1. The number of Topliss-reactive ketones (excluding diaryl/α,β-unsaturated/α-hetero) is 1. The number of hydrogen-bond acceptors (Lipinski definition) is 6. The summed E-state index contributed by atoms with van der Waals surface area (Å²) >= 11 is 0. The minimum absolute atomic E-state index is 0.0345. The van der Waals surface area contributed by atoms with Gasteiger partial charge in [0.25, 0.3) is 11.7 Å². The van der Waals surface area contributed by atoms with E-state index >= 15 is 0 Å². The third-order valence-electron chi connectivity index (χ3n) is 6.01. The first kappa shape index (κ1) is 20.8. The van der Waals surface area contributed by atoms with Crippen molar-refractivity contribution < 1.29 is 24.2 Å². The summed E-state index contributed by atoms with van der Waals surface area (Å²) in [4.78, 5) is 32.0. The van der Waals surface area contributed by atoms with Crippen molar-refractivity contribution in [2.75, 3.05) is 13.7 Å². The van der Waals surface area contributed by atoms with E-state index in [1.54, 1.807) is 42.7 Å². The van der Waals surface area contributed by atoms with E-state index in [2.05, 4.69) is 4.98 Å². The Morgan fingerprint density at radius 2 is 2.03 bits per heavy atom. The molecule has 7 nitrogen and oxygen atoms in total. The van der Waals surface area contributed by atoms with Crippen molar-refractivity contribution in [1.29, 1.82) is 0 Å². The molecule has 1 atom stereocenters. The summed E-state index contributed by atoms with van der Waals surface area (Å²) in [5.74, 6) is -0.337. The van der Waals surface area contributed by atoms with Crippen LogP contribution in [0.2, 0.25) is 0 Å². The van der Waals surface area contributed by atoms with Crippen LogP contribution in [0.15, 0.2) is 72.6 Å². The average molecular weight is 442 g/mol. The number of likely N-dealkylation sites (tertiary alicyclic amines) is 1. The monoisotopic (exact) mass is 442 g/mol. The summed E-state index contributed by atoms with van der Waals surface area (Å²) in [7, 11) is 1.53. The number of benzene rings is 2. The minimum atomic E-state index is -0.814. The molecule has 1 saturated heterocycles. The topological polar surface area (TPSA) is 89.0 Å². The lowest BCUT2D eigenvalue weighted by Gasteiger charge is -2.26. The van der Waals surface area contributed by atoms with E-state index in [0.29, 0.717) is 23.5 Å². The summed E-state index contributed by atoms with van der Waals surface area (Å²) in [5, 5.41) is 11.3. The molecule has 5 rings (SSSR count). The number of fused-ring (bicyclic) bond motifs is 1. The molecular formula is C26H22N2O5. The molecule has 2 aliphatic heterocycles. The molecule has 3 aromatic rings. The van der Waals surface area contributed by atoms with Crippen LogP contribution in [0.3, 0.4) is 0 Å². The molecular weight excluding hydrogens is 420 g/mol. The van der Waals surface area contributed by atoms with Crippen LogP contribution in [0.1, 0.15) is 28.3 Å². The van der Waals surface area contributed by atoms with Gasteiger partial charge in [-0.3, -0.25) is 14.6 Å². The summed E-state index contributed by atoms with van der Waals surface area (Å²) in [5.41, 5.74) is 2.85. The van der Waals surface area contributed by atoms with E-state index in [-0.39, 0.29) is 17.9 Å². The van der Waals surface area contributed by atoms with Crippen LogP contribution < -0.4 is 9.47 Å². The van der Waals surface area contributed by atoms with Gasteiger partial charge in [-0.2, -0.15) is 0 Å². The third-order valence-corrected chi connectivity index (χ3v) is 6.01. The number of amides is 1. The maximum atomic E-state index is 13.2. The smallest absolute Gasteiger partial charge is 0.295 e. The molecule has 0 aliphatic carbocycles. The van der Waals surface area contributed by atoms with Crippen molar-refractivity contribution in [2.24, 2.45) is 0 Å². The highest BCUT2D eigenvalue weighted by Crippen LogP contribution is 2.43. The molecule has 1 N–H and O–H groups in total. The van der Waals surface area contributed by atoms with E-state index in [0.717, 1.165) is 23.3 Å². The van der Waals surface area contributed by atoms with Crippen molar-refractivity contribution in [3.8, 4) is 11.5 Å². The lowest BCUT2D eigenvalue weighted by molar-refractivity contribution is -0.140. The number of nitrogens with zero attached hydrogens (tertiary/aromatic N) is 2. The van der Waals surface area contributed by atoms with Gasteiger partial charge in [-0.05, 0) is 41.5 Å². The highest BCUT2D eigenvalue weighted by atomic mass is 16.5. The van der Waals surface area contributed by atoms with E-state index in [4.69, 9.17) is 9.47 Å². The number of aliphatic hydroxyl groups excluding tert-OH is 1. The fraction of sp³-hybridized carbons (Fsp3) is 0.192. The number of aliphatic hydroxyl groups is 1. The van der Waals surface area contributed by atoms with Gasteiger partial charge in [0.15, 0.2) is 0 Å². The number of aromatic nitrogens is 1. The Hall–Kier alpha value is -4.13. The van der Waals surface area contributed by atoms with Gasteiger partial charge in [0.2, 0.25) is 0 Å². The van der Waals surface area contributed by atoms with Gasteiger partial charge in [0, 0.05) is 36.5 Å². The lowest BCUT2D eigenvalue weighted by atomic mass is 9.94. The number of rotatable bonds is 5. The molecule has 1 aromatic heterocycles. The molecule has 0 saturated carbocycles. The van der Waals surface area contributed by atoms with Crippen LogP contribution in [0.4, 0.5) is 0 Å². The van der Waals surface area contributed by atoms with Gasteiger partial charge in [-0.15, -0.1) is 0 Å².